The molecule has 14 heavy (non-hydrogen) atoms. The van der Waals surface area contributed by atoms with Crippen LogP contribution in [0.5, 0.6) is 0 Å². The van der Waals surface area contributed by atoms with E-state index in [1.807, 2.05) is 19.9 Å². The lowest BCUT2D eigenvalue weighted by Gasteiger charge is -1.79. The number of allylic oxidation sites excluding steroid dienone is 5. The Morgan fingerprint density at radius 3 is 1.57 bits per heavy atom. The summed E-state index contributed by atoms with van der Waals surface area (Å²) in [6.07, 6.45) is 7.31. The van der Waals surface area contributed by atoms with Gasteiger partial charge in [0.05, 0.1) is 0 Å². The zero-order chi connectivity index (χ0) is 9.98. The Bertz CT molecular complexity index is 155. The minimum absolute atomic E-state index is 0. The SMILES string of the molecule is C.C.C=C(C)/C=C/CC.CC=C(C)C. The van der Waals surface area contributed by atoms with Crippen molar-refractivity contribution in [2.45, 2.75) is 55.9 Å². The van der Waals surface area contributed by atoms with E-state index >= 15 is 0 Å². The van der Waals surface area contributed by atoms with Crippen LogP contribution in [-0.4, -0.2) is 0 Å². The largest absolute Gasteiger partial charge is 0.0961 e. The molecule has 0 heteroatoms. The summed E-state index contributed by atoms with van der Waals surface area (Å²) in [4.78, 5) is 0. The molecule has 0 N–H and O–H groups in total. The van der Waals surface area contributed by atoms with Gasteiger partial charge in [-0.2, -0.15) is 0 Å². The Hall–Kier alpha value is -0.780. The summed E-state index contributed by atoms with van der Waals surface area (Å²) in [5.74, 6) is 0. The fraction of sp³-hybridized carbons (Fsp3) is 0.571. The summed E-state index contributed by atoms with van der Waals surface area (Å²) in [6, 6.07) is 0. The molecule has 0 amide bonds. The lowest BCUT2D eigenvalue weighted by Crippen LogP contribution is -1.58. The lowest BCUT2D eigenvalue weighted by atomic mass is 10.3. The summed E-state index contributed by atoms with van der Waals surface area (Å²) >= 11 is 0. The molecule has 0 fully saturated rings. The van der Waals surface area contributed by atoms with Crippen molar-refractivity contribution in [2.75, 3.05) is 0 Å². The first-order chi connectivity index (χ1) is 5.54. The van der Waals surface area contributed by atoms with Crippen LogP contribution in [0.15, 0.2) is 36.0 Å². The van der Waals surface area contributed by atoms with Crippen LogP contribution in [0.1, 0.15) is 55.9 Å². The number of rotatable bonds is 2. The van der Waals surface area contributed by atoms with Gasteiger partial charge in [-0.05, 0) is 34.1 Å². The second-order valence-corrected chi connectivity index (χ2v) is 3.02. The Kier molecular flexibility index (Phi) is 30.0. The zero-order valence-electron chi connectivity index (χ0n) is 9.15. The molecule has 0 rings (SSSR count). The molecule has 0 nitrogen and oxygen atoms in total. The lowest BCUT2D eigenvalue weighted by molar-refractivity contribution is 1.22. The van der Waals surface area contributed by atoms with Crippen molar-refractivity contribution in [1.82, 2.24) is 0 Å². The summed E-state index contributed by atoms with van der Waals surface area (Å²) in [5, 5.41) is 0. The Balaban J connectivity index is -0.0000000651. The van der Waals surface area contributed by atoms with Gasteiger partial charge >= 0.3 is 0 Å². The molecule has 0 unspecified atom stereocenters. The van der Waals surface area contributed by atoms with E-state index in [0.29, 0.717) is 0 Å². The molecule has 0 atom stereocenters. The number of hydrogen-bond acceptors (Lipinski definition) is 0. The minimum Gasteiger partial charge on any atom is -0.0961 e. The molecule has 0 aromatic heterocycles. The molecule has 0 aromatic carbocycles. The highest BCUT2D eigenvalue weighted by molar-refractivity contribution is 5.10. The maximum atomic E-state index is 3.71. The van der Waals surface area contributed by atoms with Crippen LogP contribution >= 0.6 is 0 Å². The first-order valence-corrected chi connectivity index (χ1v) is 4.46. The predicted octanol–water partition coefficient (Wildman–Crippen LogP) is 5.77. The molecule has 0 aliphatic heterocycles. The summed E-state index contributed by atoms with van der Waals surface area (Å²) < 4.78 is 0. The van der Waals surface area contributed by atoms with E-state index in [1.54, 1.807) is 0 Å². The molecule has 0 bridgehead atoms. The van der Waals surface area contributed by atoms with Crippen LogP contribution < -0.4 is 0 Å². The molecule has 0 aliphatic rings. The Morgan fingerprint density at radius 2 is 1.50 bits per heavy atom. The fourth-order valence-electron chi connectivity index (χ4n) is 0.319. The number of hydrogen-bond donors (Lipinski definition) is 0. The van der Waals surface area contributed by atoms with E-state index in [9.17, 15) is 0 Å². The second kappa shape index (κ2) is 18.1. The molecule has 86 valence electrons. The first kappa shape index (κ1) is 23.2. The monoisotopic (exact) mass is 198 g/mol. The maximum Gasteiger partial charge on any atom is -0.0376 e. The van der Waals surface area contributed by atoms with E-state index < -0.39 is 0 Å². The van der Waals surface area contributed by atoms with Crippen molar-refractivity contribution >= 4 is 0 Å². The average molecular weight is 198 g/mol. The van der Waals surface area contributed by atoms with Gasteiger partial charge in [-0.15, -0.1) is 0 Å². The Morgan fingerprint density at radius 1 is 1.14 bits per heavy atom. The van der Waals surface area contributed by atoms with E-state index in [-0.39, 0.29) is 14.9 Å². The zero-order valence-corrected chi connectivity index (χ0v) is 9.15. The normalized spacial score (nSPS) is 7.50. The van der Waals surface area contributed by atoms with Crippen molar-refractivity contribution in [1.29, 1.82) is 0 Å². The molecular formula is C14H30. The van der Waals surface area contributed by atoms with Crippen LogP contribution in [0.3, 0.4) is 0 Å². The van der Waals surface area contributed by atoms with Gasteiger partial charge in [0.15, 0.2) is 0 Å². The Labute approximate surface area is 92.4 Å². The van der Waals surface area contributed by atoms with Crippen molar-refractivity contribution in [3.8, 4) is 0 Å². The van der Waals surface area contributed by atoms with Crippen LogP contribution in [0.25, 0.3) is 0 Å². The molecule has 0 saturated carbocycles. The van der Waals surface area contributed by atoms with Gasteiger partial charge in [0.1, 0.15) is 0 Å². The first-order valence-electron chi connectivity index (χ1n) is 4.46. The van der Waals surface area contributed by atoms with E-state index in [2.05, 4.69) is 39.5 Å². The van der Waals surface area contributed by atoms with Gasteiger partial charge in [0.25, 0.3) is 0 Å². The molecule has 0 aromatic rings. The highest BCUT2D eigenvalue weighted by Gasteiger charge is 1.67. The van der Waals surface area contributed by atoms with Crippen LogP contribution in [-0.2, 0) is 0 Å². The summed E-state index contributed by atoms with van der Waals surface area (Å²) in [5.41, 5.74) is 2.51. The van der Waals surface area contributed by atoms with Crippen molar-refractivity contribution < 1.29 is 0 Å². The maximum absolute atomic E-state index is 3.71. The third kappa shape index (κ3) is 43.0. The van der Waals surface area contributed by atoms with E-state index in [1.165, 1.54) is 5.57 Å². The van der Waals surface area contributed by atoms with E-state index in [0.717, 1.165) is 12.0 Å². The van der Waals surface area contributed by atoms with Crippen LogP contribution in [0, 0.1) is 0 Å². The summed E-state index contributed by atoms with van der Waals surface area (Å²) in [7, 11) is 0. The third-order valence-electron chi connectivity index (χ3n) is 1.22. The summed E-state index contributed by atoms with van der Waals surface area (Å²) in [6.45, 7) is 14.0. The molecule has 0 heterocycles. The predicted molar refractivity (Wildman–Crippen MR) is 72.8 cm³/mol. The van der Waals surface area contributed by atoms with Gasteiger partial charge in [-0.1, -0.05) is 57.7 Å². The molecule has 0 radical (unpaired) electrons. The minimum atomic E-state index is 0. The fourth-order valence-corrected chi connectivity index (χ4v) is 0.319. The van der Waals surface area contributed by atoms with E-state index in [4.69, 9.17) is 0 Å². The standard InChI is InChI=1S/C7H12.C5H10.2CH4/c1-4-5-6-7(2)3;1-4-5(2)3;;/h5-6H,2,4H2,1,3H3;4H,1-3H3;2*1H4/b6-5+;;;. The van der Waals surface area contributed by atoms with Crippen molar-refractivity contribution in [2.24, 2.45) is 0 Å². The second-order valence-electron chi connectivity index (χ2n) is 3.02. The van der Waals surface area contributed by atoms with Gasteiger partial charge in [0, 0.05) is 0 Å². The smallest absolute Gasteiger partial charge is 0.0376 e. The third-order valence-corrected chi connectivity index (χ3v) is 1.22. The molecule has 0 spiro atoms. The van der Waals surface area contributed by atoms with Gasteiger partial charge in [-0.25, -0.2) is 0 Å². The van der Waals surface area contributed by atoms with Gasteiger partial charge < -0.3 is 0 Å². The van der Waals surface area contributed by atoms with Gasteiger partial charge in [-0.3, -0.25) is 0 Å². The highest BCUT2D eigenvalue weighted by Crippen LogP contribution is 1.89. The average Bonchev–Trinajstić information content (AvgIpc) is 2.02. The quantitative estimate of drug-likeness (QED) is 0.390. The molecular weight excluding hydrogens is 168 g/mol. The van der Waals surface area contributed by atoms with Crippen LogP contribution in [0.2, 0.25) is 0 Å². The molecule has 0 aliphatic carbocycles. The van der Waals surface area contributed by atoms with Crippen LogP contribution in [0.4, 0.5) is 0 Å². The molecule has 0 saturated heterocycles. The van der Waals surface area contributed by atoms with Crippen molar-refractivity contribution in [3.05, 3.63) is 36.0 Å². The van der Waals surface area contributed by atoms with Crippen molar-refractivity contribution in [3.63, 3.8) is 0 Å². The van der Waals surface area contributed by atoms with Gasteiger partial charge in [0.2, 0.25) is 0 Å². The topological polar surface area (TPSA) is 0 Å². The highest BCUT2D eigenvalue weighted by atomic mass is 13.7.